The number of hydrogen-bond acceptors (Lipinski definition) is 2. The second kappa shape index (κ2) is 6.12. The molecule has 1 amide bonds. The largest absolute Gasteiger partial charge is 0.382 e. The molecule has 0 atom stereocenters. The predicted octanol–water partition coefficient (Wildman–Crippen LogP) is 2.76. The van der Waals surface area contributed by atoms with Crippen LogP contribution in [0.5, 0.6) is 0 Å². The minimum Gasteiger partial charge on any atom is -0.382 e. The number of halogens is 2. The molecule has 0 saturated carbocycles. The van der Waals surface area contributed by atoms with Gasteiger partial charge in [0.25, 0.3) is 0 Å². The smallest absolute Gasteiger partial charge is 0.216 e. The summed E-state index contributed by atoms with van der Waals surface area (Å²) in [6.07, 6.45) is 0. The summed E-state index contributed by atoms with van der Waals surface area (Å²) in [4.78, 5) is 10.6. The predicted molar refractivity (Wildman–Crippen MR) is 69.0 cm³/mol. The first-order valence-electron chi connectivity index (χ1n) is 4.53. The van der Waals surface area contributed by atoms with E-state index in [9.17, 15) is 4.79 Å². The summed E-state index contributed by atoms with van der Waals surface area (Å²) < 4.78 is 2.03. The summed E-state index contributed by atoms with van der Waals surface area (Å²) in [6.45, 7) is 2.84. The van der Waals surface area contributed by atoms with Gasteiger partial charge in [-0.3, -0.25) is 4.79 Å². The van der Waals surface area contributed by atoms with E-state index in [0.29, 0.717) is 13.1 Å². The number of carbonyl (C=O) groups is 1. The van der Waals surface area contributed by atoms with Crippen molar-refractivity contribution >= 4 is 43.5 Å². The highest BCUT2D eigenvalue weighted by molar-refractivity contribution is 9.11. The van der Waals surface area contributed by atoms with Crippen molar-refractivity contribution in [2.45, 2.75) is 6.92 Å². The van der Waals surface area contributed by atoms with Gasteiger partial charge in [0.2, 0.25) is 5.91 Å². The van der Waals surface area contributed by atoms with Crippen molar-refractivity contribution in [2.75, 3.05) is 18.4 Å². The summed E-state index contributed by atoms with van der Waals surface area (Å²) in [5.74, 6) is -0.00771. The van der Waals surface area contributed by atoms with E-state index in [0.717, 1.165) is 14.6 Å². The first-order chi connectivity index (χ1) is 7.09. The molecule has 0 aromatic heterocycles. The van der Waals surface area contributed by atoms with Gasteiger partial charge in [0.05, 0.1) is 0 Å². The molecule has 0 aliphatic carbocycles. The first-order valence-corrected chi connectivity index (χ1v) is 6.11. The minimum atomic E-state index is -0.00771. The molecule has 2 N–H and O–H groups in total. The van der Waals surface area contributed by atoms with Gasteiger partial charge in [-0.1, -0.05) is 15.9 Å². The van der Waals surface area contributed by atoms with E-state index in [4.69, 9.17) is 0 Å². The third-order valence-electron chi connectivity index (χ3n) is 1.75. The molecule has 15 heavy (non-hydrogen) atoms. The summed E-state index contributed by atoms with van der Waals surface area (Å²) in [7, 11) is 0. The summed E-state index contributed by atoms with van der Waals surface area (Å²) in [6, 6.07) is 5.91. The molecule has 0 bridgehead atoms. The third-order valence-corrected chi connectivity index (χ3v) is 2.89. The van der Waals surface area contributed by atoms with Crippen LogP contribution in [0.25, 0.3) is 0 Å². The molecule has 0 saturated heterocycles. The lowest BCUT2D eigenvalue weighted by Gasteiger charge is -2.08. The van der Waals surface area contributed by atoms with Crippen molar-refractivity contribution in [3.8, 4) is 0 Å². The van der Waals surface area contributed by atoms with Gasteiger partial charge in [-0.25, -0.2) is 0 Å². The lowest BCUT2D eigenvalue weighted by Crippen LogP contribution is -2.26. The van der Waals surface area contributed by atoms with Crippen LogP contribution in [-0.4, -0.2) is 19.0 Å². The molecule has 0 aliphatic heterocycles. The Hall–Kier alpha value is -0.550. The van der Waals surface area contributed by atoms with E-state index in [1.54, 1.807) is 0 Å². The van der Waals surface area contributed by atoms with Gasteiger partial charge in [0, 0.05) is 34.6 Å². The zero-order valence-electron chi connectivity index (χ0n) is 8.31. The number of benzene rings is 1. The monoisotopic (exact) mass is 334 g/mol. The highest BCUT2D eigenvalue weighted by Gasteiger charge is 1.99. The Morgan fingerprint density at radius 1 is 1.33 bits per heavy atom. The lowest BCUT2D eigenvalue weighted by molar-refractivity contribution is -0.118. The van der Waals surface area contributed by atoms with Crippen molar-refractivity contribution in [3.05, 3.63) is 27.1 Å². The quantitative estimate of drug-likeness (QED) is 0.831. The topological polar surface area (TPSA) is 41.1 Å². The van der Waals surface area contributed by atoms with E-state index >= 15 is 0 Å². The number of amides is 1. The fraction of sp³-hybridized carbons (Fsp3) is 0.300. The van der Waals surface area contributed by atoms with Crippen LogP contribution in [-0.2, 0) is 4.79 Å². The molecular weight excluding hydrogens is 324 g/mol. The molecular formula is C10H12Br2N2O. The van der Waals surface area contributed by atoms with Crippen molar-refractivity contribution in [1.82, 2.24) is 5.32 Å². The first kappa shape index (κ1) is 12.5. The van der Waals surface area contributed by atoms with E-state index in [1.165, 1.54) is 6.92 Å². The minimum absolute atomic E-state index is 0.00771. The van der Waals surface area contributed by atoms with Crippen LogP contribution in [0.3, 0.4) is 0 Å². The normalized spacial score (nSPS) is 9.80. The maximum absolute atomic E-state index is 10.6. The Balaban J connectivity index is 2.40. The van der Waals surface area contributed by atoms with Crippen LogP contribution in [0.2, 0.25) is 0 Å². The van der Waals surface area contributed by atoms with Crippen LogP contribution >= 0.6 is 31.9 Å². The summed E-state index contributed by atoms with van der Waals surface area (Å²) in [5, 5.41) is 5.93. The molecule has 5 heteroatoms. The maximum Gasteiger partial charge on any atom is 0.216 e. The van der Waals surface area contributed by atoms with Crippen LogP contribution in [0, 0.1) is 0 Å². The fourth-order valence-corrected chi connectivity index (χ4v) is 2.26. The lowest BCUT2D eigenvalue weighted by atomic mass is 10.3. The zero-order chi connectivity index (χ0) is 11.3. The Bertz CT molecular complexity index is 355. The fourth-order valence-electron chi connectivity index (χ4n) is 1.07. The molecule has 0 radical (unpaired) electrons. The molecule has 1 aromatic carbocycles. The number of nitrogens with one attached hydrogen (secondary N) is 2. The molecule has 3 nitrogen and oxygen atoms in total. The molecule has 0 fully saturated rings. The molecule has 1 aromatic rings. The molecule has 0 unspecified atom stereocenters. The highest BCUT2D eigenvalue weighted by Crippen LogP contribution is 2.25. The second-order valence-electron chi connectivity index (χ2n) is 3.03. The van der Waals surface area contributed by atoms with Crippen LogP contribution < -0.4 is 10.6 Å². The summed E-state index contributed by atoms with van der Waals surface area (Å²) >= 11 is 6.83. The molecule has 0 aliphatic rings. The van der Waals surface area contributed by atoms with Gasteiger partial charge in [-0.05, 0) is 34.1 Å². The van der Waals surface area contributed by atoms with E-state index in [-0.39, 0.29) is 5.91 Å². The van der Waals surface area contributed by atoms with E-state index < -0.39 is 0 Å². The molecule has 0 heterocycles. The van der Waals surface area contributed by atoms with Gasteiger partial charge < -0.3 is 10.6 Å². The number of carbonyl (C=O) groups excluding carboxylic acids is 1. The van der Waals surface area contributed by atoms with Crippen LogP contribution in [0.4, 0.5) is 5.69 Å². The maximum atomic E-state index is 10.6. The standard InChI is InChI=1S/C10H12Br2N2O/c1-7(15)13-4-5-14-10-3-2-8(11)6-9(10)12/h2-3,6,14H,4-5H2,1H3,(H,13,15). The third kappa shape index (κ3) is 4.66. The Morgan fingerprint density at radius 3 is 2.67 bits per heavy atom. The average molecular weight is 336 g/mol. The molecule has 82 valence electrons. The summed E-state index contributed by atoms with van der Waals surface area (Å²) in [5.41, 5.74) is 1.02. The number of hydrogen-bond donors (Lipinski definition) is 2. The second-order valence-corrected chi connectivity index (χ2v) is 4.80. The van der Waals surface area contributed by atoms with Gasteiger partial charge in [-0.2, -0.15) is 0 Å². The van der Waals surface area contributed by atoms with Crippen molar-refractivity contribution in [1.29, 1.82) is 0 Å². The zero-order valence-corrected chi connectivity index (χ0v) is 11.5. The van der Waals surface area contributed by atoms with Crippen molar-refractivity contribution < 1.29 is 4.79 Å². The van der Waals surface area contributed by atoms with E-state index in [1.807, 2.05) is 18.2 Å². The Kier molecular flexibility index (Phi) is 5.11. The van der Waals surface area contributed by atoms with E-state index in [2.05, 4.69) is 42.5 Å². The Labute approximate surface area is 106 Å². The number of rotatable bonds is 4. The van der Waals surface area contributed by atoms with Crippen molar-refractivity contribution in [2.24, 2.45) is 0 Å². The van der Waals surface area contributed by atoms with Crippen LogP contribution in [0.15, 0.2) is 27.1 Å². The van der Waals surface area contributed by atoms with Gasteiger partial charge in [-0.15, -0.1) is 0 Å². The number of anilines is 1. The van der Waals surface area contributed by atoms with Gasteiger partial charge in [0.1, 0.15) is 0 Å². The van der Waals surface area contributed by atoms with Crippen molar-refractivity contribution in [3.63, 3.8) is 0 Å². The molecule has 1 rings (SSSR count). The van der Waals surface area contributed by atoms with Gasteiger partial charge >= 0.3 is 0 Å². The highest BCUT2D eigenvalue weighted by atomic mass is 79.9. The van der Waals surface area contributed by atoms with Gasteiger partial charge in [0.15, 0.2) is 0 Å². The van der Waals surface area contributed by atoms with Crippen LogP contribution in [0.1, 0.15) is 6.92 Å². The SMILES string of the molecule is CC(=O)NCCNc1ccc(Br)cc1Br. The Morgan fingerprint density at radius 2 is 2.07 bits per heavy atom. The average Bonchev–Trinajstić information content (AvgIpc) is 2.14. The molecule has 0 spiro atoms.